The number of nitrogens with zero attached hydrogens (tertiary/aromatic N) is 3. The van der Waals surface area contributed by atoms with Gasteiger partial charge in [-0.2, -0.15) is 0 Å². The number of Topliss-reactive ketones (excluding diaryl/α,β-unsaturated/α-hetero) is 1. The first-order valence-corrected chi connectivity index (χ1v) is 15.3. The molecule has 9 heteroatoms. The van der Waals surface area contributed by atoms with Crippen molar-refractivity contribution in [2.24, 2.45) is 5.92 Å². The van der Waals surface area contributed by atoms with E-state index >= 15 is 0 Å². The van der Waals surface area contributed by atoms with Crippen molar-refractivity contribution in [3.05, 3.63) is 103 Å². The van der Waals surface area contributed by atoms with E-state index in [0.717, 1.165) is 46.7 Å². The number of carbonyl (C=O) groups excluding carboxylic acids is 1. The Morgan fingerprint density at radius 3 is 2.65 bits per heavy atom. The van der Waals surface area contributed by atoms with E-state index in [1.807, 2.05) is 54.8 Å². The van der Waals surface area contributed by atoms with Gasteiger partial charge in [-0.05, 0) is 81.0 Å². The second kappa shape index (κ2) is 10.7. The Morgan fingerprint density at radius 1 is 1.12 bits per heavy atom. The number of hydrogen-bond donors (Lipinski definition) is 0. The second-order valence-electron chi connectivity index (χ2n) is 10.3. The lowest BCUT2D eigenvalue weighted by atomic mass is 9.89. The van der Waals surface area contributed by atoms with Gasteiger partial charge in [0.25, 0.3) is 5.56 Å². The minimum atomic E-state index is -0.490. The molecule has 1 atom stereocenters. The average Bonchev–Trinajstić information content (AvgIpc) is 3.45. The fourth-order valence-corrected chi connectivity index (χ4v) is 8.04. The lowest BCUT2D eigenvalue weighted by Crippen LogP contribution is -2.23. The van der Waals surface area contributed by atoms with E-state index in [1.165, 1.54) is 22.7 Å². The van der Waals surface area contributed by atoms with Gasteiger partial charge in [-0.25, -0.2) is 9.37 Å². The summed E-state index contributed by atoms with van der Waals surface area (Å²) in [7, 11) is 0. The van der Waals surface area contributed by atoms with Crippen LogP contribution < -0.4 is 5.56 Å². The highest BCUT2D eigenvalue weighted by atomic mass is 35.5. The summed E-state index contributed by atoms with van der Waals surface area (Å²) in [6.07, 6.45) is 2.93. The normalized spacial score (nSPS) is 15.0. The molecule has 0 radical (unpaired) electrons. The van der Waals surface area contributed by atoms with Crippen molar-refractivity contribution in [3.63, 3.8) is 0 Å². The molecule has 5 nitrogen and oxygen atoms in total. The predicted molar refractivity (Wildman–Crippen MR) is 162 cm³/mol. The molecule has 0 fully saturated rings. The number of halogens is 2. The number of hydrogen-bond acceptors (Lipinski definition) is 5. The Hall–Kier alpha value is -3.20. The molecule has 0 unspecified atom stereocenters. The minimum absolute atomic E-state index is 0.0264. The van der Waals surface area contributed by atoms with Gasteiger partial charge in [-0.15, -0.1) is 11.3 Å². The fraction of sp³-hybridized carbons (Fsp3) is 0.258. The number of fused-ring (bicyclic) bond motifs is 3. The highest BCUT2D eigenvalue weighted by molar-refractivity contribution is 7.99. The Kier molecular flexibility index (Phi) is 7.19. The van der Waals surface area contributed by atoms with Crippen molar-refractivity contribution in [1.29, 1.82) is 0 Å². The van der Waals surface area contributed by atoms with Gasteiger partial charge < -0.3 is 4.57 Å². The summed E-state index contributed by atoms with van der Waals surface area (Å²) < 4.78 is 17.3. The number of benzene rings is 2. The van der Waals surface area contributed by atoms with Gasteiger partial charge in [0.15, 0.2) is 10.9 Å². The number of carbonyl (C=O) groups is 1. The van der Waals surface area contributed by atoms with Gasteiger partial charge in [-0.1, -0.05) is 48.5 Å². The van der Waals surface area contributed by atoms with Crippen molar-refractivity contribution in [1.82, 2.24) is 14.1 Å². The third kappa shape index (κ3) is 4.72. The van der Waals surface area contributed by atoms with E-state index in [9.17, 15) is 14.0 Å². The largest absolute Gasteiger partial charge is 0.318 e. The number of rotatable bonds is 6. The quantitative estimate of drug-likeness (QED) is 0.115. The molecule has 40 heavy (non-hydrogen) atoms. The summed E-state index contributed by atoms with van der Waals surface area (Å²) >= 11 is 8.91. The standard InChI is InChI=1S/C31H27ClFN3O2S2/c1-17-9-11-22-27(13-17)40-29-28(22)30(38)36(20-7-5-4-6-8-20)31(34-29)39-16-26(37)23-14-18(2)35(19(23)3)21-10-12-25(33)24(32)15-21/h4-8,10,12,14-15,17H,9,11,13,16H2,1-3H3/t17-/m1/s1. The average molecular weight is 592 g/mol. The van der Waals surface area contributed by atoms with Crippen LogP contribution in [-0.2, 0) is 12.8 Å². The summed E-state index contributed by atoms with van der Waals surface area (Å²) in [6, 6.07) is 15.8. The molecular formula is C31H27ClFN3O2S2. The van der Waals surface area contributed by atoms with Gasteiger partial charge in [0.1, 0.15) is 10.6 Å². The van der Waals surface area contributed by atoms with Gasteiger partial charge in [-0.3, -0.25) is 14.2 Å². The Labute approximate surface area is 244 Å². The summed E-state index contributed by atoms with van der Waals surface area (Å²) in [5, 5.41) is 1.24. The molecular weight excluding hydrogens is 565 g/mol. The SMILES string of the molecule is Cc1cc(C(=O)CSc2nc3sc4c(c3c(=O)n2-c2ccccc2)CC[C@@H](C)C4)c(C)n1-c1ccc(F)c(Cl)c1. The maximum absolute atomic E-state index is 14.0. The maximum Gasteiger partial charge on any atom is 0.267 e. The molecule has 0 bridgehead atoms. The van der Waals surface area contributed by atoms with Crippen molar-refractivity contribution in [2.45, 2.75) is 45.2 Å². The zero-order chi connectivity index (χ0) is 28.1. The van der Waals surface area contributed by atoms with Crippen molar-refractivity contribution >= 4 is 50.7 Å². The number of aromatic nitrogens is 3. The van der Waals surface area contributed by atoms with E-state index in [4.69, 9.17) is 16.6 Å². The first kappa shape index (κ1) is 27.0. The molecule has 5 aromatic rings. The van der Waals surface area contributed by atoms with Crippen molar-refractivity contribution in [2.75, 3.05) is 5.75 Å². The first-order valence-electron chi connectivity index (χ1n) is 13.2. The van der Waals surface area contributed by atoms with Gasteiger partial charge in [0.2, 0.25) is 0 Å². The summed E-state index contributed by atoms with van der Waals surface area (Å²) in [5.74, 6) is 0.135. The van der Waals surface area contributed by atoms with E-state index in [1.54, 1.807) is 28.0 Å². The third-order valence-corrected chi connectivity index (χ3v) is 9.91. The molecule has 0 N–H and O–H groups in total. The van der Waals surface area contributed by atoms with E-state index in [2.05, 4.69) is 6.92 Å². The molecule has 204 valence electrons. The Balaban J connectivity index is 1.37. The number of para-hydroxylation sites is 1. The smallest absolute Gasteiger partial charge is 0.267 e. The molecule has 0 spiro atoms. The van der Waals surface area contributed by atoms with Crippen molar-refractivity contribution < 1.29 is 9.18 Å². The van der Waals surface area contributed by atoms with Crippen LogP contribution in [0.25, 0.3) is 21.6 Å². The molecule has 0 aliphatic heterocycles. The number of aryl methyl sites for hydroxylation is 2. The third-order valence-electron chi connectivity index (χ3n) is 7.54. The molecule has 0 amide bonds. The summed E-state index contributed by atoms with van der Waals surface area (Å²) in [5.41, 5.74) is 4.63. The van der Waals surface area contributed by atoms with Crippen LogP contribution in [-0.4, -0.2) is 25.7 Å². The summed E-state index contributed by atoms with van der Waals surface area (Å²) in [6.45, 7) is 6.01. The molecule has 2 aromatic carbocycles. The monoisotopic (exact) mass is 591 g/mol. The molecule has 0 saturated carbocycles. The van der Waals surface area contributed by atoms with Crippen LogP contribution >= 0.6 is 34.7 Å². The topological polar surface area (TPSA) is 56.9 Å². The predicted octanol–water partition coefficient (Wildman–Crippen LogP) is 7.75. The highest BCUT2D eigenvalue weighted by Gasteiger charge is 2.26. The number of thioether (sulfide) groups is 1. The Bertz CT molecular complexity index is 1840. The maximum atomic E-state index is 14.0. The summed E-state index contributed by atoms with van der Waals surface area (Å²) in [4.78, 5) is 34.5. The van der Waals surface area contributed by atoms with Crippen LogP contribution in [0.1, 0.15) is 45.5 Å². The zero-order valence-corrected chi connectivity index (χ0v) is 24.7. The van der Waals surface area contributed by atoms with Crippen LogP contribution in [0.4, 0.5) is 4.39 Å². The van der Waals surface area contributed by atoms with Crippen LogP contribution in [0.2, 0.25) is 5.02 Å². The van der Waals surface area contributed by atoms with E-state index in [0.29, 0.717) is 27.7 Å². The van der Waals surface area contributed by atoms with Gasteiger partial charge in [0, 0.05) is 27.5 Å². The second-order valence-corrected chi connectivity index (χ2v) is 12.8. The van der Waals surface area contributed by atoms with Crippen LogP contribution in [0.3, 0.4) is 0 Å². The number of ketones is 1. The molecule has 1 aliphatic rings. The zero-order valence-electron chi connectivity index (χ0n) is 22.3. The lowest BCUT2D eigenvalue weighted by Gasteiger charge is -2.17. The molecule has 0 saturated heterocycles. The molecule has 3 heterocycles. The van der Waals surface area contributed by atoms with Gasteiger partial charge >= 0.3 is 0 Å². The number of thiophene rings is 1. The van der Waals surface area contributed by atoms with Crippen LogP contribution in [0, 0.1) is 25.6 Å². The van der Waals surface area contributed by atoms with Crippen LogP contribution in [0.5, 0.6) is 0 Å². The van der Waals surface area contributed by atoms with E-state index in [-0.39, 0.29) is 22.1 Å². The minimum Gasteiger partial charge on any atom is -0.318 e. The molecule has 6 rings (SSSR count). The van der Waals surface area contributed by atoms with Crippen molar-refractivity contribution in [3.8, 4) is 11.4 Å². The lowest BCUT2D eigenvalue weighted by molar-refractivity contribution is 0.102. The highest BCUT2D eigenvalue weighted by Crippen LogP contribution is 2.37. The van der Waals surface area contributed by atoms with Crippen LogP contribution in [0.15, 0.2) is 64.5 Å². The first-order chi connectivity index (χ1) is 19.2. The van der Waals surface area contributed by atoms with Gasteiger partial charge in [0.05, 0.1) is 21.8 Å². The molecule has 1 aliphatic carbocycles. The van der Waals surface area contributed by atoms with E-state index < -0.39 is 5.82 Å². The Morgan fingerprint density at radius 2 is 1.90 bits per heavy atom. The molecule has 3 aromatic heterocycles. The fourth-order valence-electron chi connectivity index (χ4n) is 5.55.